The number of piperazine rings is 1. The van der Waals surface area contributed by atoms with Crippen molar-refractivity contribution in [2.24, 2.45) is 0 Å². The maximum atomic E-state index is 12.9. The lowest BCUT2D eigenvalue weighted by molar-refractivity contribution is 0.180. The highest BCUT2D eigenvalue weighted by Crippen LogP contribution is 2.19. The third-order valence-corrected chi connectivity index (χ3v) is 8.36. The predicted octanol–water partition coefficient (Wildman–Crippen LogP) is 0.321. The number of halogens is 1. The van der Waals surface area contributed by atoms with Crippen LogP contribution in [0.15, 0.2) is 33.6 Å². The lowest BCUT2D eigenvalue weighted by Crippen LogP contribution is -2.48. The van der Waals surface area contributed by atoms with Gasteiger partial charge in [-0.15, -0.1) is 0 Å². The topological polar surface area (TPSA) is 96.0 Å². The number of nitrogens with zero attached hydrogens (tertiary/aromatic N) is 2. The SMILES string of the molecule is COCCN(CCS(=O)(=O)N1CCNCC1)S(=O)(=O)c1ccc(Br)cc1. The van der Waals surface area contributed by atoms with Gasteiger partial charge >= 0.3 is 0 Å². The van der Waals surface area contributed by atoms with Gasteiger partial charge in [-0.05, 0) is 24.3 Å². The molecule has 8 nitrogen and oxygen atoms in total. The third kappa shape index (κ3) is 5.72. The fourth-order valence-corrected chi connectivity index (χ4v) is 5.82. The van der Waals surface area contributed by atoms with E-state index in [0.29, 0.717) is 26.2 Å². The minimum absolute atomic E-state index is 0.0893. The number of methoxy groups -OCH3 is 1. The molecule has 0 saturated carbocycles. The highest BCUT2D eigenvalue weighted by atomic mass is 79.9. The molecule has 1 aromatic carbocycles. The molecule has 1 N–H and O–H groups in total. The monoisotopic (exact) mass is 469 g/mol. The quantitative estimate of drug-likeness (QED) is 0.559. The Morgan fingerprint density at radius 1 is 1.12 bits per heavy atom. The van der Waals surface area contributed by atoms with Crippen LogP contribution in [0.4, 0.5) is 0 Å². The smallest absolute Gasteiger partial charge is 0.243 e. The summed E-state index contributed by atoms with van der Waals surface area (Å²) < 4.78 is 59.1. The van der Waals surface area contributed by atoms with Crippen LogP contribution >= 0.6 is 15.9 Å². The zero-order valence-electron chi connectivity index (χ0n) is 14.6. The van der Waals surface area contributed by atoms with Crippen LogP contribution in [0.5, 0.6) is 0 Å². The van der Waals surface area contributed by atoms with Gasteiger partial charge in [-0.25, -0.2) is 16.8 Å². The van der Waals surface area contributed by atoms with E-state index in [1.54, 1.807) is 12.1 Å². The van der Waals surface area contributed by atoms with Crippen LogP contribution in [0.1, 0.15) is 0 Å². The van der Waals surface area contributed by atoms with E-state index in [9.17, 15) is 16.8 Å². The molecule has 2 rings (SSSR count). The second kappa shape index (κ2) is 9.58. The molecule has 0 spiro atoms. The molecule has 0 radical (unpaired) electrons. The first kappa shape index (κ1) is 21.7. The van der Waals surface area contributed by atoms with Crippen LogP contribution in [0.2, 0.25) is 0 Å². The van der Waals surface area contributed by atoms with E-state index in [-0.39, 0.29) is 30.3 Å². The zero-order valence-corrected chi connectivity index (χ0v) is 17.8. The van der Waals surface area contributed by atoms with Gasteiger partial charge in [0.2, 0.25) is 20.0 Å². The van der Waals surface area contributed by atoms with Crippen LogP contribution in [0.3, 0.4) is 0 Å². The van der Waals surface area contributed by atoms with E-state index in [0.717, 1.165) is 4.47 Å². The molecule has 26 heavy (non-hydrogen) atoms. The van der Waals surface area contributed by atoms with Gasteiger partial charge in [0.1, 0.15) is 0 Å². The first-order chi connectivity index (χ1) is 12.3. The molecule has 0 unspecified atom stereocenters. The Morgan fingerprint density at radius 2 is 1.73 bits per heavy atom. The molecule has 0 aliphatic carbocycles. The van der Waals surface area contributed by atoms with Gasteiger partial charge in [-0.1, -0.05) is 15.9 Å². The van der Waals surface area contributed by atoms with E-state index in [1.807, 2.05) is 0 Å². The molecule has 148 valence electrons. The Kier molecular flexibility index (Phi) is 8.01. The van der Waals surface area contributed by atoms with E-state index in [1.165, 1.54) is 27.9 Å². The molecule has 1 fully saturated rings. The minimum Gasteiger partial charge on any atom is -0.383 e. The number of sulfonamides is 2. The van der Waals surface area contributed by atoms with Gasteiger partial charge in [0.05, 0.1) is 17.3 Å². The van der Waals surface area contributed by atoms with Crippen molar-refractivity contribution in [1.82, 2.24) is 13.9 Å². The van der Waals surface area contributed by atoms with Crippen molar-refractivity contribution in [3.63, 3.8) is 0 Å². The van der Waals surface area contributed by atoms with E-state index < -0.39 is 20.0 Å². The zero-order chi connectivity index (χ0) is 19.2. The van der Waals surface area contributed by atoms with Gasteiger partial charge < -0.3 is 10.1 Å². The van der Waals surface area contributed by atoms with E-state index in [4.69, 9.17) is 4.74 Å². The van der Waals surface area contributed by atoms with Gasteiger partial charge in [0, 0.05) is 50.9 Å². The molecule has 1 aromatic rings. The van der Waals surface area contributed by atoms with Crippen molar-refractivity contribution in [2.45, 2.75) is 4.90 Å². The summed E-state index contributed by atoms with van der Waals surface area (Å²) in [5, 5.41) is 3.10. The van der Waals surface area contributed by atoms with Gasteiger partial charge in [0.15, 0.2) is 0 Å². The van der Waals surface area contributed by atoms with Crippen molar-refractivity contribution in [1.29, 1.82) is 0 Å². The predicted molar refractivity (Wildman–Crippen MR) is 103 cm³/mol. The maximum absolute atomic E-state index is 12.9. The lowest BCUT2D eigenvalue weighted by atomic mass is 10.4. The standard InChI is InChI=1S/C15H24BrN3O5S2/c1-24-12-10-19(26(22,23)15-4-2-14(16)3-5-15)11-13-25(20,21)18-8-6-17-7-9-18/h2-5,17H,6-13H2,1H3. The molecule has 0 atom stereocenters. The highest BCUT2D eigenvalue weighted by Gasteiger charge is 2.29. The number of hydrogen-bond acceptors (Lipinski definition) is 6. The molecule has 1 saturated heterocycles. The van der Waals surface area contributed by atoms with Crippen molar-refractivity contribution < 1.29 is 21.6 Å². The number of hydrogen-bond donors (Lipinski definition) is 1. The summed E-state index contributed by atoms with van der Waals surface area (Å²) in [6, 6.07) is 6.26. The maximum Gasteiger partial charge on any atom is 0.243 e. The summed E-state index contributed by atoms with van der Waals surface area (Å²) in [5.74, 6) is -0.257. The molecule has 0 aromatic heterocycles. The molecular weight excluding hydrogens is 446 g/mol. The van der Waals surface area contributed by atoms with Crippen LogP contribution in [-0.4, -0.2) is 84.2 Å². The van der Waals surface area contributed by atoms with Crippen molar-refractivity contribution in [3.8, 4) is 0 Å². The van der Waals surface area contributed by atoms with Crippen molar-refractivity contribution in [3.05, 3.63) is 28.7 Å². The Balaban J connectivity index is 2.14. The molecule has 1 heterocycles. The summed E-state index contributed by atoms with van der Waals surface area (Å²) in [7, 11) is -5.85. The molecule has 1 aliphatic heterocycles. The number of ether oxygens (including phenoxy) is 1. The Labute approximate surface area is 163 Å². The average molecular weight is 470 g/mol. The normalized spacial score (nSPS) is 16.9. The summed E-state index contributed by atoms with van der Waals surface area (Å²) in [6.07, 6.45) is 0. The van der Waals surface area contributed by atoms with Gasteiger partial charge in [-0.2, -0.15) is 8.61 Å². The minimum atomic E-state index is -3.81. The first-order valence-corrected chi connectivity index (χ1v) is 12.0. The van der Waals surface area contributed by atoms with Crippen molar-refractivity contribution in [2.75, 3.05) is 58.7 Å². The van der Waals surface area contributed by atoms with Crippen molar-refractivity contribution >= 4 is 36.0 Å². The Morgan fingerprint density at radius 3 is 2.31 bits per heavy atom. The molecule has 11 heteroatoms. The summed E-state index contributed by atoms with van der Waals surface area (Å²) >= 11 is 3.27. The highest BCUT2D eigenvalue weighted by molar-refractivity contribution is 9.10. The Hall–Kier alpha value is -0.560. The van der Waals surface area contributed by atoms with Crippen LogP contribution in [0, 0.1) is 0 Å². The third-order valence-electron chi connectivity index (χ3n) is 4.06. The molecular formula is C15H24BrN3O5S2. The average Bonchev–Trinajstić information content (AvgIpc) is 2.62. The Bertz CT molecular complexity index is 778. The van der Waals surface area contributed by atoms with Gasteiger partial charge in [0.25, 0.3) is 0 Å². The summed E-state index contributed by atoms with van der Waals surface area (Å²) in [4.78, 5) is 0.122. The summed E-state index contributed by atoms with van der Waals surface area (Å²) in [5.41, 5.74) is 0. The van der Waals surface area contributed by atoms with E-state index in [2.05, 4.69) is 21.2 Å². The van der Waals surface area contributed by atoms with Gasteiger partial charge in [-0.3, -0.25) is 0 Å². The van der Waals surface area contributed by atoms with Crippen LogP contribution < -0.4 is 5.32 Å². The number of rotatable bonds is 9. The largest absolute Gasteiger partial charge is 0.383 e. The van der Waals surface area contributed by atoms with E-state index >= 15 is 0 Å². The molecule has 1 aliphatic rings. The second-order valence-corrected chi connectivity index (χ2v) is 10.8. The first-order valence-electron chi connectivity index (χ1n) is 8.20. The van der Waals surface area contributed by atoms with Crippen LogP contribution in [-0.2, 0) is 24.8 Å². The summed E-state index contributed by atoms with van der Waals surface area (Å²) in [6.45, 7) is 2.16. The number of benzene rings is 1. The van der Waals surface area contributed by atoms with Crippen LogP contribution in [0.25, 0.3) is 0 Å². The number of nitrogens with one attached hydrogen (secondary N) is 1. The lowest BCUT2D eigenvalue weighted by Gasteiger charge is -2.28. The fraction of sp³-hybridized carbons (Fsp3) is 0.600. The molecule has 0 bridgehead atoms. The second-order valence-electron chi connectivity index (χ2n) is 5.82. The fourth-order valence-electron chi connectivity index (χ4n) is 2.57. The molecule has 0 amide bonds.